The Kier molecular flexibility index (Phi) is 3.44. The molecule has 0 aromatic carbocycles. The largest absolute Gasteiger partial charge is 0.480 e. The third kappa shape index (κ3) is 2.21. The number of carboxylic acids is 1. The molecule has 0 aromatic rings. The molecule has 2 N–H and O–H groups in total. The Morgan fingerprint density at radius 3 is 3.00 bits per heavy atom. The first-order chi connectivity index (χ1) is 6.66. The van der Waals surface area contributed by atoms with Crippen molar-refractivity contribution in [1.82, 2.24) is 10.2 Å². The van der Waals surface area contributed by atoms with Crippen LogP contribution in [-0.2, 0) is 14.4 Å². The highest BCUT2D eigenvalue weighted by molar-refractivity contribution is 5.87. The molecular weight excluding hydrogens is 188 g/mol. The lowest BCUT2D eigenvalue weighted by atomic mass is 10.2. The van der Waals surface area contributed by atoms with Crippen LogP contribution in [0.1, 0.15) is 12.8 Å². The highest BCUT2D eigenvalue weighted by Gasteiger charge is 2.35. The summed E-state index contributed by atoms with van der Waals surface area (Å²) in [6, 6.07) is -0.740. The molecule has 77 valence electrons. The summed E-state index contributed by atoms with van der Waals surface area (Å²) < 4.78 is 0. The van der Waals surface area contributed by atoms with E-state index in [-0.39, 0.29) is 25.4 Å². The minimum absolute atomic E-state index is 0.176. The third-order valence-electron chi connectivity index (χ3n) is 2.16. The predicted molar refractivity (Wildman–Crippen MR) is 46.1 cm³/mol. The molecule has 0 bridgehead atoms. The van der Waals surface area contributed by atoms with Crippen molar-refractivity contribution < 1.29 is 19.5 Å². The summed E-state index contributed by atoms with van der Waals surface area (Å²) in [6.07, 6.45) is 2.08. The van der Waals surface area contributed by atoms with Gasteiger partial charge < -0.3 is 15.3 Å². The predicted octanol–water partition coefficient (Wildman–Crippen LogP) is -1.28. The quantitative estimate of drug-likeness (QED) is 0.426. The summed E-state index contributed by atoms with van der Waals surface area (Å²) in [6.45, 7) is 0.462. The van der Waals surface area contributed by atoms with E-state index in [9.17, 15) is 14.4 Å². The van der Waals surface area contributed by atoms with Crippen molar-refractivity contribution in [2.75, 3.05) is 13.1 Å². The maximum atomic E-state index is 11.2. The van der Waals surface area contributed by atoms with E-state index in [1.807, 2.05) is 0 Å². The molecule has 14 heavy (non-hydrogen) atoms. The molecule has 0 aliphatic carbocycles. The van der Waals surface area contributed by atoms with E-state index in [2.05, 4.69) is 5.32 Å². The van der Waals surface area contributed by atoms with Crippen molar-refractivity contribution >= 4 is 18.3 Å². The lowest BCUT2D eigenvalue weighted by molar-refractivity contribution is -0.146. The van der Waals surface area contributed by atoms with Crippen LogP contribution in [0.5, 0.6) is 0 Å². The summed E-state index contributed by atoms with van der Waals surface area (Å²) in [7, 11) is 0. The van der Waals surface area contributed by atoms with E-state index in [1.165, 1.54) is 11.3 Å². The maximum absolute atomic E-state index is 11.2. The van der Waals surface area contributed by atoms with Crippen LogP contribution in [0.3, 0.4) is 0 Å². The molecule has 0 saturated carbocycles. The number of hydrogen-bond acceptors (Lipinski definition) is 3. The van der Waals surface area contributed by atoms with E-state index in [0.717, 1.165) is 0 Å². The molecule has 1 atom stereocenters. The standard InChI is InChI=1S/C8H11N2O4/c11-5-9-3-4-10-6(8(13)14)1-2-7(10)12/h6H,1-4H2,(H,9,11)(H,13,14). The van der Waals surface area contributed by atoms with Crippen LogP contribution >= 0.6 is 0 Å². The highest BCUT2D eigenvalue weighted by Crippen LogP contribution is 2.17. The second-order valence-electron chi connectivity index (χ2n) is 3.01. The normalized spacial score (nSPS) is 21.0. The second-order valence-corrected chi connectivity index (χ2v) is 3.01. The van der Waals surface area contributed by atoms with Crippen LogP contribution < -0.4 is 5.32 Å². The number of aliphatic carboxylic acids is 1. The first kappa shape index (κ1) is 10.5. The number of hydrogen-bond donors (Lipinski definition) is 2. The molecule has 0 aromatic heterocycles. The summed E-state index contributed by atoms with van der Waals surface area (Å²) in [4.78, 5) is 33.0. The van der Waals surface area contributed by atoms with Crippen molar-refractivity contribution in [3.8, 4) is 0 Å². The van der Waals surface area contributed by atoms with E-state index in [4.69, 9.17) is 5.11 Å². The van der Waals surface area contributed by atoms with Gasteiger partial charge in [-0.25, -0.2) is 4.79 Å². The van der Waals surface area contributed by atoms with Crippen LogP contribution in [0.15, 0.2) is 0 Å². The Labute approximate surface area is 80.9 Å². The van der Waals surface area contributed by atoms with Crippen LogP contribution in [0, 0.1) is 0 Å². The molecule has 2 amide bonds. The zero-order valence-corrected chi connectivity index (χ0v) is 7.52. The number of carbonyl (C=O) groups excluding carboxylic acids is 2. The SMILES string of the molecule is O=[C]NCCN1C(=O)CCC1C(=O)O. The van der Waals surface area contributed by atoms with Gasteiger partial charge in [-0.2, -0.15) is 0 Å². The molecular formula is C8H11N2O4. The molecule has 1 radical (unpaired) electrons. The number of nitrogens with one attached hydrogen (secondary N) is 1. The van der Waals surface area contributed by atoms with Crippen LogP contribution in [0.2, 0.25) is 0 Å². The average molecular weight is 199 g/mol. The van der Waals surface area contributed by atoms with Gasteiger partial charge in [0.15, 0.2) is 0 Å². The van der Waals surface area contributed by atoms with Crippen molar-refractivity contribution in [2.24, 2.45) is 0 Å². The molecule has 1 aliphatic heterocycles. The lowest BCUT2D eigenvalue weighted by Crippen LogP contribution is -2.42. The van der Waals surface area contributed by atoms with Gasteiger partial charge in [-0.3, -0.25) is 9.59 Å². The number of nitrogens with zero attached hydrogens (tertiary/aromatic N) is 1. The van der Waals surface area contributed by atoms with Gasteiger partial charge in [0.1, 0.15) is 6.04 Å². The maximum Gasteiger partial charge on any atom is 0.326 e. The molecule has 1 rings (SSSR count). The number of carbonyl (C=O) groups is 2. The van der Waals surface area contributed by atoms with Crippen molar-refractivity contribution in [2.45, 2.75) is 18.9 Å². The van der Waals surface area contributed by atoms with Gasteiger partial charge in [0.05, 0.1) is 0 Å². The average Bonchev–Trinajstić information content (AvgIpc) is 2.48. The van der Waals surface area contributed by atoms with Gasteiger partial charge >= 0.3 is 12.4 Å². The van der Waals surface area contributed by atoms with E-state index >= 15 is 0 Å². The van der Waals surface area contributed by atoms with Crippen molar-refractivity contribution in [3.05, 3.63) is 0 Å². The van der Waals surface area contributed by atoms with Gasteiger partial charge in [0, 0.05) is 19.5 Å². The number of carboxylic acid groups (broad SMARTS) is 1. The topological polar surface area (TPSA) is 86.7 Å². The van der Waals surface area contributed by atoms with Gasteiger partial charge in [-0.05, 0) is 6.42 Å². The molecule has 1 saturated heterocycles. The number of likely N-dealkylation sites (tertiary alicyclic amines) is 1. The summed E-state index contributed by atoms with van der Waals surface area (Å²) in [5, 5.41) is 11.0. The monoisotopic (exact) mass is 199 g/mol. The fourth-order valence-electron chi connectivity index (χ4n) is 1.50. The Morgan fingerprint density at radius 2 is 2.43 bits per heavy atom. The smallest absolute Gasteiger partial charge is 0.326 e. The van der Waals surface area contributed by atoms with Gasteiger partial charge in [-0.1, -0.05) is 0 Å². The third-order valence-corrected chi connectivity index (χ3v) is 2.16. The second kappa shape index (κ2) is 4.59. The zero-order valence-electron chi connectivity index (χ0n) is 7.52. The summed E-state index contributed by atoms with van der Waals surface area (Å²) in [5.74, 6) is -1.17. The van der Waals surface area contributed by atoms with Crippen LogP contribution in [0.25, 0.3) is 0 Å². The lowest BCUT2D eigenvalue weighted by Gasteiger charge is -2.20. The summed E-state index contributed by atoms with van der Waals surface area (Å²) in [5.41, 5.74) is 0. The van der Waals surface area contributed by atoms with Crippen LogP contribution in [-0.4, -0.2) is 47.4 Å². The molecule has 1 fully saturated rings. The molecule has 6 nitrogen and oxygen atoms in total. The first-order valence-corrected chi connectivity index (χ1v) is 4.29. The molecule has 1 heterocycles. The fourth-order valence-corrected chi connectivity index (χ4v) is 1.50. The fraction of sp³-hybridized carbons (Fsp3) is 0.625. The van der Waals surface area contributed by atoms with Crippen molar-refractivity contribution in [1.29, 1.82) is 0 Å². The molecule has 6 heteroatoms. The minimum Gasteiger partial charge on any atom is -0.480 e. The van der Waals surface area contributed by atoms with E-state index in [1.54, 1.807) is 0 Å². The Balaban J connectivity index is 2.49. The zero-order chi connectivity index (χ0) is 10.6. The number of amides is 2. The first-order valence-electron chi connectivity index (χ1n) is 4.29. The Bertz CT molecular complexity index is 254. The van der Waals surface area contributed by atoms with E-state index < -0.39 is 12.0 Å². The van der Waals surface area contributed by atoms with Crippen LogP contribution in [0.4, 0.5) is 0 Å². The van der Waals surface area contributed by atoms with Gasteiger partial charge in [0.25, 0.3) is 0 Å². The molecule has 1 aliphatic rings. The van der Waals surface area contributed by atoms with Crippen molar-refractivity contribution in [3.63, 3.8) is 0 Å². The Hall–Kier alpha value is -1.59. The Morgan fingerprint density at radius 1 is 1.71 bits per heavy atom. The van der Waals surface area contributed by atoms with Gasteiger partial charge in [0.2, 0.25) is 5.91 Å². The van der Waals surface area contributed by atoms with E-state index in [0.29, 0.717) is 6.42 Å². The number of rotatable bonds is 5. The van der Waals surface area contributed by atoms with Gasteiger partial charge in [-0.15, -0.1) is 0 Å². The minimum atomic E-state index is -0.995. The highest BCUT2D eigenvalue weighted by atomic mass is 16.4. The summed E-state index contributed by atoms with van der Waals surface area (Å²) >= 11 is 0. The molecule has 1 unspecified atom stereocenters. The molecule has 0 spiro atoms.